The van der Waals surface area contributed by atoms with Crippen LogP contribution in [0.3, 0.4) is 0 Å². The largest absolute Gasteiger partial charge is 0.376 e. The van der Waals surface area contributed by atoms with Crippen LogP contribution < -0.4 is 0 Å². The van der Waals surface area contributed by atoms with Crippen LogP contribution in [0.4, 0.5) is 4.39 Å². The molecule has 2 heterocycles. The Morgan fingerprint density at radius 3 is 2.64 bits per heavy atom. The van der Waals surface area contributed by atoms with E-state index in [0.717, 1.165) is 63.1 Å². The lowest BCUT2D eigenvalue weighted by Gasteiger charge is -2.35. The molecule has 0 radical (unpaired) electrons. The molecule has 154 valence electrons. The predicted molar refractivity (Wildman–Crippen MR) is 109 cm³/mol. The molecule has 0 saturated carbocycles. The Labute approximate surface area is 168 Å². The average Bonchev–Trinajstić information content (AvgIpc) is 3.22. The summed E-state index contributed by atoms with van der Waals surface area (Å²) in [6, 6.07) is 7.02. The van der Waals surface area contributed by atoms with E-state index >= 15 is 0 Å². The molecule has 0 aliphatic carbocycles. The highest BCUT2D eigenvalue weighted by atomic mass is 19.1. The van der Waals surface area contributed by atoms with Crippen molar-refractivity contribution in [2.45, 2.75) is 52.2 Å². The van der Waals surface area contributed by atoms with E-state index in [1.807, 2.05) is 37.0 Å². The second-order valence-corrected chi connectivity index (χ2v) is 8.13. The van der Waals surface area contributed by atoms with Crippen molar-refractivity contribution in [3.8, 4) is 0 Å². The summed E-state index contributed by atoms with van der Waals surface area (Å²) in [5.74, 6) is 0.499. The van der Waals surface area contributed by atoms with Crippen molar-refractivity contribution in [1.82, 2.24) is 9.80 Å². The van der Waals surface area contributed by atoms with Crippen LogP contribution in [-0.4, -0.2) is 54.6 Å². The summed E-state index contributed by atoms with van der Waals surface area (Å²) in [6.07, 6.45) is 6.28. The Kier molecular flexibility index (Phi) is 7.63. The molecule has 2 aliphatic heterocycles. The van der Waals surface area contributed by atoms with Crippen LogP contribution in [0.5, 0.6) is 0 Å². The van der Waals surface area contributed by atoms with Gasteiger partial charge in [-0.05, 0) is 64.6 Å². The molecular formula is C23H33FN2O2. The molecule has 3 rings (SSSR count). The first-order valence-corrected chi connectivity index (χ1v) is 10.6. The second-order valence-electron chi connectivity index (χ2n) is 8.13. The van der Waals surface area contributed by atoms with Gasteiger partial charge in [-0.2, -0.15) is 0 Å². The van der Waals surface area contributed by atoms with E-state index in [1.165, 1.54) is 6.07 Å². The number of carbonyl (C=O) groups excluding carboxylic acids is 1. The monoisotopic (exact) mass is 388 g/mol. The summed E-state index contributed by atoms with van der Waals surface area (Å²) in [5.41, 5.74) is 1.56. The molecule has 1 atom stereocenters. The smallest absolute Gasteiger partial charge is 0.249 e. The Morgan fingerprint density at radius 2 is 2.00 bits per heavy atom. The molecule has 28 heavy (non-hydrogen) atoms. The third-order valence-corrected chi connectivity index (χ3v) is 6.04. The van der Waals surface area contributed by atoms with Crippen LogP contribution in [0.15, 0.2) is 35.9 Å². The number of hydrogen-bond acceptors (Lipinski definition) is 3. The highest BCUT2D eigenvalue weighted by molar-refractivity contribution is 5.92. The Bertz CT molecular complexity index is 677. The maximum atomic E-state index is 13.9. The highest BCUT2D eigenvalue weighted by Gasteiger charge is 2.27. The van der Waals surface area contributed by atoms with Crippen LogP contribution in [-0.2, 0) is 16.1 Å². The quantitative estimate of drug-likeness (QED) is 0.662. The number of piperidine rings is 1. The number of amides is 1. The SMILES string of the molecule is CC=C(C)C(=O)N(CC1CCN(Cc2ccccc2F)CC1)CC1CCCO1. The van der Waals surface area contributed by atoms with Gasteiger partial charge in [0.1, 0.15) is 5.82 Å². The van der Waals surface area contributed by atoms with Gasteiger partial charge in [-0.15, -0.1) is 0 Å². The van der Waals surface area contributed by atoms with Gasteiger partial charge in [0.2, 0.25) is 5.91 Å². The molecule has 5 heteroatoms. The van der Waals surface area contributed by atoms with Crippen LogP contribution in [0.1, 0.15) is 45.1 Å². The van der Waals surface area contributed by atoms with Gasteiger partial charge in [-0.1, -0.05) is 24.3 Å². The minimum Gasteiger partial charge on any atom is -0.376 e. The van der Waals surface area contributed by atoms with Crippen molar-refractivity contribution in [2.24, 2.45) is 5.92 Å². The molecule has 4 nitrogen and oxygen atoms in total. The van der Waals surface area contributed by atoms with Crippen molar-refractivity contribution in [2.75, 3.05) is 32.8 Å². The standard InChI is InChI=1S/C23H33FN2O2/c1-3-18(2)23(27)26(17-21-8-6-14-28-21)15-19-10-12-25(13-11-19)16-20-7-4-5-9-22(20)24/h3-5,7,9,19,21H,6,8,10-17H2,1-2H3. The lowest BCUT2D eigenvalue weighted by Crippen LogP contribution is -2.43. The average molecular weight is 389 g/mol. The number of carbonyl (C=O) groups is 1. The van der Waals surface area contributed by atoms with E-state index in [-0.39, 0.29) is 17.8 Å². The first-order valence-electron chi connectivity index (χ1n) is 10.6. The lowest BCUT2D eigenvalue weighted by atomic mass is 9.95. The van der Waals surface area contributed by atoms with E-state index < -0.39 is 0 Å². The predicted octanol–water partition coefficient (Wildman–Crippen LogP) is 4.01. The van der Waals surface area contributed by atoms with Crippen molar-refractivity contribution < 1.29 is 13.9 Å². The zero-order valence-electron chi connectivity index (χ0n) is 17.2. The first kappa shape index (κ1) is 21.0. The van der Waals surface area contributed by atoms with Crippen molar-refractivity contribution in [1.29, 1.82) is 0 Å². The normalized spacial score (nSPS) is 21.8. The number of nitrogens with zero attached hydrogens (tertiary/aromatic N) is 2. The molecular weight excluding hydrogens is 355 g/mol. The number of allylic oxidation sites excluding steroid dienone is 1. The number of rotatable bonds is 7. The Morgan fingerprint density at radius 1 is 1.25 bits per heavy atom. The zero-order chi connectivity index (χ0) is 19.9. The number of ether oxygens (including phenoxy) is 1. The maximum Gasteiger partial charge on any atom is 0.249 e. The molecule has 0 spiro atoms. The van der Waals surface area contributed by atoms with Gasteiger partial charge in [0.15, 0.2) is 0 Å². The summed E-state index contributed by atoms with van der Waals surface area (Å²) in [5, 5.41) is 0. The molecule has 0 N–H and O–H groups in total. The lowest BCUT2D eigenvalue weighted by molar-refractivity contribution is -0.129. The summed E-state index contributed by atoms with van der Waals surface area (Å²) < 4.78 is 19.7. The second kappa shape index (κ2) is 10.2. The van der Waals surface area contributed by atoms with Gasteiger partial charge in [0.25, 0.3) is 0 Å². The van der Waals surface area contributed by atoms with Gasteiger partial charge in [-0.3, -0.25) is 9.69 Å². The molecule has 1 aromatic carbocycles. The number of hydrogen-bond donors (Lipinski definition) is 0. The van der Waals surface area contributed by atoms with Crippen LogP contribution in [0.2, 0.25) is 0 Å². The first-order chi connectivity index (χ1) is 13.6. The van der Waals surface area contributed by atoms with Crippen LogP contribution in [0, 0.1) is 11.7 Å². The zero-order valence-corrected chi connectivity index (χ0v) is 17.2. The van der Waals surface area contributed by atoms with Crippen molar-refractivity contribution in [3.63, 3.8) is 0 Å². The Balaban J connectivity index is 1.53. The number of likely N-dealkylation sites (tertiary alicyclic amines) is 1. The van der Waals surface area contributed by atoms with Gasteiger partial charge in [0.05, 0.1) is 6.10 Å². The minimum atomic E-state index is -0.125. The molecule has 1 unspecified atom stereocenters. The molecule has 1 amide bonds. The fraction of sp³-hybridized carbons (Fsp3) is 0.609. The van der Waals surface area contributed by atoms with Gasteiger partial charge >= 0.3 is 0 Å². The highest BCUT2D eigenvalue weighted by Crippen LogP contribution is 2.23. The molecule has 2 aliphatic rings. The van der Waals surface area contributed by atoms with Gasteiger partial charge in [0, 0.05) is 37.4 Å². The maximum absolute atomic E-state index is 13.9. The van der Waals surface area contributed by atoms with E-state index in [2.05, 4.69) is 4.90 Å². The van der Waals surface area contributed by atoms with Crippen LogP contribution in [0.25, 0.3) is 0 Å². The molecule has 2 saturated heterocycles. The number of benzene rings is 1. The molecule has 1 aromatic rings. The van der Waals surface area contributed by atoms with Gasteiger partial charge < -0.3 is 9.64 Å². The summed E-state index contributed by atoms with van der Waals surface area (Å²) in [6.45, 7) is 8.66. The fourth-order valence-electron chi connectivity index (χ4n) is 4.15. The third-order valence-electron chi connectivity index (χ3n) is 6.04. The molecule has 0 aromatic heterocycles. The topological polar surface area (TPSA) is 32.8 Å². The van der Waals surface area contributed by atoms with Gasteiger partial charge in [-0.25, -0.2) is 4.39 Å². The van der Waals surface area contributed by atoms with Crippen molar-refractivity contribution >= 4 is 5.91 Å². The van der Waals surface area contributed by atoms with Crippen molar-refractivity contribution in [3.05, 3.63) is 47.3 Å². The van der Waals surface area contributed by atoms with E-state index in [1.54, 1.807) is 6.07 Å². The number of halogens is 1. The summed E-state index contributed by atoms with van der Waals surface area (Å²) in [4.78, 5) is 17.1. The minimum absolute atomic E-state index is 0.125. The van der Waals surface area contributed by atoms with E-state index in [4.69, 9.17) is 4.74 Å². The molecule has 0 bridgehead atoms. The summed E-state index contributed by atoms with van der Waals surface area (Å²) >= 11 is 0. The van der Waals surface area contributed by atoms with Crippen LogP contribution >= 0.6 is 0 Å². The summed E-state index contributed by atoms with van der Waals surface area (Å²) in [7, 11) is 0. The Hall–Kier alpha value is -1.72. The van der Waals surface area contributed by atoms with E-state index in [0.29, 0.717) is 19.0 Å². The molecule has 2 fully saturated rings. The third kappa shape index (κ3) is 5.65. The van der Waals surface area contributed by atoms with E-state index in [9.17, 15) is 9.18 Å². The fourth-order valence-corrected chi connectivity index (χ4v) is 4.15.